The highest BCUT2D eigenvalue weighted by Crippen LogP contribution is 2.20. The molecule has 1 rings (SSSR count). The number of carbonyl (C=O) groups is 1. The van der Waals surface area contributed by atoms with Crippen molar-refractivity contribution in [1.82, 2.24) is 5.32 Å². The van der Waals surface area contributed by atoms with Gasteiger partial charge in [0.15, 0.2) is 0 Å². The lowest BCUT2D eigenvalue weighted by Gasteiger charge is -2.25. The molecule has 0 aliphatic rings. The van der Waals surface area contributed by atoms with Crippen LogP contribution in [0.1, 0.15) is 38.1 Å². The molecule has 106 valence electrons. The highest BCUT2D eigenvalue weighted by molar-refractivity contribution is 6.31. The van der Waals surface area contributed by atoms with E-state index in [0.29, 0.717) is 40.6 Å². The fourth-order valence-electron chi connectivity index (χ4n) is 2.30. The lowest BCUT2D eigenvalue weighted by molar-refractivity contribution is 0.0937. The van der Waals surface area contributed by atoms with E-state index in [-0.39, 0.29) is 5.91 Å². The number of anilines is 1. The van der Waals surface area contributed by atoms with Gasteiger partial charge in [-0.05, 0) is 36.0 Å². The Bertz CT molecular complexity index is 416. The van der Waals surface area contributed by atoms with Crippen LogP contribution in [0.25, 0.3) is 0 Å². The van der Waals surface area contributed by atoms with Gasteiger partial charge >= 0.3 is 0 Å². The van der Waals surface area contributed by atoms with Crippen molar-refractivity contribution in [2.75, 3.05) is 12.3 Å². The van der Waals surface area contributed by atoms with Crippen LogP contribution in [0.3, 0.4) is 0 Å². The highest BCUT2D eigenvalue weighted by Gasteiger charge is 2.18. The maximum atomic E-state index is 12.1. The zero-order chi connectivity index (χ0) is 14.6. The molecule has 0 radical (unpaired) electrons. The predicted molar refractivity (Wildman–Crippen MR) is 81.4 cm³/mol. The average Bonchev–Trinajstić information content (AvgIpc) is 2.26. The molecule has 4 heteroatoms. The highest BCUT2D eigenvalue weighted by atomic mass is 35.5. The number of nitrogens with two attached hydrogens (primary N) is 1. The maximum absolute atomic E-state index is 12.1. The van der Waals surface area contributed by atoms with Crippen LogP contribution in [0.5, 0.6) is 0 Å². The molecule has 0 saturated carbocycles. The number of benzene rings is 1. The van der Waals surface area contributed by atoms with Gasteiger partial charge < -0.3 is 11.1 Å². The summed E-state index contributed by atoms with van der Waals surface area (Å²) in [6, 6.07) is 4.90. The van der Waals surface area contributed by atoms with Crippen molar-refractivity contribution in [1.29, 1.82) is 0 Å². The number of rotatable bonds is 5. The Morgan fingerprint density at radius 1 is 1.21 bits per heavy atom. The molecule has 3 N–H and O–H groups in total. The molecule has 0 fully saturated rings. The minimum atomic E-state index is -0.125. The van der Waals surface area contributed by atoms with Crippen molar-refractivity contribution in [3.8, 4) is 0 Å². The number of hydrogen-bond donors (Lipinski definition) is 2. The summed E-state index contributed by atoms with van der Waals surface area (Å²) in [5, 5.41) is 3.44. The Hall–Kier alpha value is -1.22. The Kier molecular flexibility index (Phi) is 5.67. The number of nitrogens with one attached hydrogen (secondary N) is 1. The van der Waals surface area contributed by atoms with Gasteiger partial charge in [0.25, 0.3) is 5.91 Å². The van der Waals surface area contributed by atoms with Gasteiger partial charge in [0.2, 0.25) is 0 Å². The number of hydrogen-bond acceptors (Lipinski definition) is 2. The summed E-state index contributed by atoms with van der Waals surface area (Å²) in [6.07, 6.45) is 0. The minimum absolute atomic E-state index is 0.125. The second kappa shape index (κ2) is 6.80. The monoisotopic (exact) mass is 282 g/mol. The molecule has 0 heterocycles. The van der Waals surface area contributed by atoms with Crippen LogP contribution in [0, 0.1) is 17.8 Å². The van der Waals surface area contributed by atoms with Crippen LogP contribution < -0.4 is 11.1 Å². The van der Waals surface area contributed by atoms with Gasteiger partial charge in [-0.1, -0.05) is 39.3 Å². The predicted octanol–water partition coefficient (Wildman–Crippen LogP) is 3.58. The third kappa shape index (κ3) is 4.75. The lowest BCUT2D eigenvalue weighted by Crippen LogP contribution is -2.33. The first-order valence-corrected chi connectivity index (χ1v) is 7.03. The molecular formula is C15H23ClN2O. The molecule has 0 aromatic heterocycles. The Morgan fingerprint density at radius 3 is 2.26 bits per heavy atom. The van der Waals surface area contributed by atoms with Gasteiger partial charge in [-0.25, -0.2) is 0 Å². The fourth-order valence-corrected chi connectivity index (χ4v) is 2.54. The summed E-state index contributed by atoms with van der Waals surface area (Å²) in [4.78, 5) is 12.1. The van der Waals surface area contributed by atoms with Crippen molar-refractivity contribution in [2.24, 2.45) is 17.8 Å². The lowest BCUT2D eigenvalue weighted by atomic mass is 9.85. The zero-order valence-electron chi connectivity index (χ0n) is 12.0. The Morgan fingerprint density at radius 2 is 1.79 bits per heavy atom. The number of nitrogen functional groups attached to an aromatic ring is 1. The summed E-state index contributed by atoms with van der Waals surface area (Å²) in [7, 11) is 0. The summed E-state index contributed by atoms with van der Waals surface area (Å²) in [5.74, 6) is 1.40. The SMILES string of the molecule is CC(C)C(CNC(=O)c1cc(N)cc(Cl)c1)C(C)C. The van der Waals surface area contributed by atoms with E-state index in [1.807, 2.05) is 0 Å². The molecule has 0 atom stereocenters. The molecule has 3 nitrogen and oxygen atoms in total. The smallest absolute Gasteiger partial charge is 0.251 e. The van der Waals surface area contributed by atoms with Crippen LogP contribution >= 0.6 is 11.6 Å². The van der Waals surface area contributed by atoms with Crippen LogP contribution in [0.4, 0.5) is 5.69 Å². The first kappa shape index (κ1) is 15.8. The zero-order valence-corrected chi connectivity index (χ0v) is 12.8. The molecule has 0 saturated heterocycles. The van der Waals surface area contributed by atoms with Crippen LogP contribution in [-0.2, 0) is 0 Å². The summed E-state index contributed by atoms with van der Waals surface area (Å²) in [5.41, 5.74) is 6.70. The Balaban J connectivity index is 2.69. The second-order valence-corrected chi connectivity index (χ2v) is 6.07. The van der Waals surface area contributed by atoms with Crippen molar-refractivity contribution in [3.63, 3.8) is 0 Å². The maximum Gasteiger partial charge on any atom is 0.251 e. The molecule has 0 bridgehead atoms. The van der Waals surface area contributed by atoms with Gasteiger partial charge in [0.05, 0.1) is 0 Å². The topological polar surface area (TPSA) is 55.1 Å². The van der Waals surface area contributed by atoms with Crippen molar-refractivity contribution < 1.29 is 4.79 Å². The molecule has 0 aliphatic carbocycles. The van der Waals surface area contributed by atoms with E-state index in [9.17, 15) is 4.79 Å². The van der Waals surface area contributed by atoms with Crippen LogP contribution in [0.15, 0.2) is 18.2 Å². The standard InChI is InChI=1S/C15H23ClN2O/c1-9(2)14(10(3)4)8-18-15(19)11-5-12(16)7-13(17)6-11/h5-7,9-10,14H,8,17H2,1-4H3,(H,18,19). The van der Waals surface area contributed by atoms with Gasteiger partial charge in [0, 0.05) is 22.8 Å². The van der Waals surface area contributed by atoms with E-state index in [2.05, 4.69) is 33.0 Å². The van der Waals surface area contributed by atoms with Gasteiger partial charge in [0.1, 0.15) is 0 Å². The number of amides is 1. The molecular weight excluding hydrogens is 260 g/mol. The van der Waals surface area contributed by atoms with E-state index in [1.165, 1.54) is 0 Å². The van der Waals surface area contributed by atoms with Crippen molar-refractivity contribution >= 4 is 23.2 Å². The van der Waals surface area contributed by atoms with Gasteiger partial charge in [-0.15, -0.1) is 0 Å². The number of carbonyl (C=O) groups excluding carboxylic acids is 1. The summed E-state index contributed by atoms with van der Waals surface area (Å²) in [6.45, 7) is 9.37. The molecule has 0 aliphatic heterocycles. The third-order valence-electron chi connectivity index (χ3n) is 3.39. The number of halogens is 1. The van der Waals surface area contributed by atoms with Gasteiger partial charge in [-0.2, -0.15) is 0 Å². The van der Waals surface area contributed by atoms with E-state index < -0.39 is 0 Å². The summed E-state index contributed by atoms with van der Waals surface area (Å²) < 4.78 is 0. The van der Waals surface area contributed by atoms with E-state index >= 15 is 0 Å². The second-order valence-electron chi connectivity index (χ2n) is 5.64. The quantitative estimate of drug-likeness (QED) is 0.811. The normalized spacial score (nSPS) is 11.4. The minimum Gasteiger partial charge on any atom is -0.399 e. The van der Waals surface area contributed by atoms with Crippen molar-refractivity contribution in [3.05, 3.63) is 28.8 Å². The first-order chi connectivity index (χ1) is 8.81. The molecule has 19 heavy (non-hydrogen) atoms. The van der Waals surface area contributed by atoms with Crippen molar-refractivity contribution in [2.45, 2.75) is 27.7 Å². The van der Waals surface area contributed by atoms with Crippen LogP contribution in [0.2, 0.25) is 5.02 Å². The largest absolute Gasteiger partial charge is 0.399 e. The first-order valence-electron chi connectivity index (χ1n) is 6.65. The van der Waals surface area contributed by atoms with Crippen LogP contribution in [-0.4, -0.2) is 12.5 Å². The Labute approximate surface area is 120 Å². The average molecular weight is 283 g/mol. The molecule has 0 unspecified atom stereocenters. The van der Waals surface area contributed by atoms with E-state index in [4.69, 9.17) is 17.3 Å². The van der Waals surface area contributed by atoms with E-state index in [1.54, 1.807) is 18.2 Å². The third-order valence-corrected chi connectivity index (χ3v) is 3.61. The van der Waals surface area contributed by atoms with Gasteiger partial charge in [-0.3, -0.25) is 4.79 Å². The summed E-state index contributed by atoms with van der Waals surface area (Å²) >= 11 is 5.90. The fraction of sp³-hybridized carbons (Fsp3) is 0.533. The molecule has 1 amide bonds. The van der Waals surface area contributed by atoms with E-state index in [0.717, 1.165) is 0 Å². The molecule has 1 aromatic carbocycles. The molecule has 1 aromatic rings. The molecule has 0 spiro atoms.